The number of carboxylic acid groups (broad SMARTS) is 1. The topological polar surface area (TPSA) is 72.9 Å². The minimum atomic E-state index is -0.780. The molecule has 2 rings (SSSR count). The summed E-state index contributed by atoms with van der Waals surface area (Å²) < 4.78 is 0. The van der Waals surface area contributed by atoms with Crippen LogP contribution in [0.5, 0.6) is 0 Å². The highest BCUT2D eigenvalue weighted by Gasteiger charge is 2.30. The molecule has 1 fully saturated rings. The second-order valence-electron chi connectivity index (χ2n) is 7.49. The number of carbonyl (C=O) groups excluding carboxylic acids is 1. The quantitative estimate of drug-likeness (QED) is 0.730. The van der Waals surface area contributed by atoms with Crippen LogP contribution in [0.4, 0.5) is 0 Å². The van der Waals surface area contributed by atoms with E-state index in [-0.39, 0.29) is 30.6 Å². The minimum Gasteiger partial charge on any atom is -0.480 e. The predicted octanol–water partition coefficient (Wildman–Crippen LogP) is 2.43. The molecule has 27 heavy (non-hydrogen) atoms. The Morgan fingerprint density at radius 3 is 2.44 bits per heavy atom. The Morgan fingerprint density at radius 1 is 1.26 bits per heavy atom. The zero-order valence-electron chi connectivity index (χ0n) is 16.9. The number of amides is 1. The lowest BCUT2D eigenvalue weighted by Crippen LogP contribution is -2.52. The third-order valence-electron chi connectivity index (χ3n) is 5.70. The van der Waals surface area contributed by atoms with Crippen LogP contribution in [0.1, 0.15) is 50.8 Å². The Labute approximate surface area is 162 Å². The van der Waals surface area contributed by atoms with Gasteiger partial charge in [-0.3, -0.25) is 19.4 Å². The third kappa shape index (κ3) is 5.78. The largest absolute Gasteiger partial charge is 0.480 e. The molecule has 0 bridgehead atoms. The lowest BCUT2D eigenvalue weighted by atomic mass is 10.0. The van der Waals surface area contributed by atoms with Gasteiger partial charge in [-0.15, -0.1) is 0 Å². The highest BCUT2D eigenvalue weighted by Crippen LogP contribution is 2.20. The van der Waals surface area contributed by atoms with Crippen molar-refractivity contribution < 1.29 is 14.7 Å². The molecule has 2 unspecified atom stereocenters. The molecule has 0 spiro atoms. The summed E-state index contributed by atoms with van der Waals surface area (Å²) in [7, 11) is 0. The van der Waals surface area contributed by atoms with Crippen molar-refractivity contribution in [3.05, 3.63) is 35.4 Å². The highest BCUT2D eigenvalue weighted by molar-refractivity contribution is 5.81. The van der Waals surface area contributed by atoms with E-state index in [1.54, 1.807) is 0 Å². The van der Waals surface area contributed by atoms with Gasteiger partial charge in [-0.25, -0.2) is 0 Å². The second kappa shape index (κ2) is 9.85. The molecular weight excluding hydrogens is 342 g/mol. The summed E-state index contributed by atoms with van der Waals surface area (Å²) in [5.41, 5.74) is 2.32. The number of aliphatic carboxylic acids is 1. The number of piperidine rings is 1. The van der Waals surface area contributed by atoms with Crippen molar-refractivity contribution in [1.82, 2.24) is 15.1 Å². The van der Waals surface area contributed by atoms with Gasteiger partial charge in [0.15, 0.2) is 0 Å². The Bertz CT molecular complexity index is 641. The van der Waals surface area contributed by atoms with Crippen LogP contribution in [0.15, 0.2) is 24.3 Å². The summed E-state index contributed by atoms with van der Waals surface area (Å²) in [6.45, 7) is 10.5. The van der Waals surface area contributed by atoms with E-state index in [4.69, 9.17) is 5.11 Å². The number of carbonyl (C=O) groups is 2. The zero-order chi connectivity index (χ0) is 20.0. The van der Waals surface area contributed by atoms with Gasteiger partial charge in [-0.1, -0.05) is 31.2 Å². The van der Waals surface area contributed by atoms with Gasteiger partial charge in [0.05, 0.1) is 18.6 Å². The maximum Gasteiger partial charge on any atom is 0.317 e. The van der Waals surface area contributed by atoms with Gasteiger partial charge in [0.2, 0.25) is 5.91 Å². The van der Waals surface area contributed by atoms with Gasteiger partial charge in [0.25, 0.3) is 0 Å². The molecule has 6 nitrogen and oxygen atoms in total. The summed E-state index contributed by atoms with van der Waals surface area (Å²) in [5, 5.41) is 12.2. The van der Waals surface area contributed by atoms with Crippen LogP contribution < -0.4 is 5.32 Å². The highest BCUT2D eigenvalue weighted by atomic mass is 16.4. The fourth-order valence-corrected chi connectivity index (χ4v) is 3.96. The molecule has 0 saturated carbocycles. The van der Waals surface area contributed by atoms with E-state index in [0.717, 1.165) is 38.0 Å². The molecule has 0 aliphatic carbocycles. The van der Waals surface area contributed by atoms with Crippen molar-refractivity contribution in [3.8, 4) is 0 Å². The fourth-order valence-electron chi connectivity index (χ4n) is 3.96. The zero-order valence-corrected chi connectivity index (χ0v) is 16.9. The lowest BCUT2D eigenvalue weighted by molar-refractivity contribution is -0.139. The summed E-state index contributed by atoms with van der Waals surface area (Å²) in [6, 6.07) is 8.18. The van der Waals surface area contributed by atoms with Crippen LogP contribution in [0.25, 0.3) is 0 Å². The van der Waals surface area contributed by atoms with E-state index in [0.29, 0.717) is 0 Å². The van der Waals surface area contributed by atoms with E-state index in [1.807, 2.05) is 37.8 Å². The number of aryl methyl sites for hydroxylation is 1. The maximum absolute atomic E-state index is 12.7. The summed E-state index contributed by atoms with van der Waals surface area (Å²) >= 11 is 0. The first kappa shape index (κ1) is 21.4. The van der Waals surface area contributed by atoms with Gasteiger partial charge in [0, 0.05) is 19.1 Å². The van der Waals surface area contributed by atoms with Crippen LogP contribution >= 0.6 is 0 Å². The molecule has 1 aliphatic rings. The number of carboxylic acids is 1. The van der Waals surface area contributed by atoms with Crippen molar-refractivity contribution in [3.63, 3.8) is 0 Å². The van der Waals surface area contributed by atoms with Crippen LogP contribution in [-0.4, -0.2) is 65.0 Å². The molecule has 1 amide bonds. The number of likely N-dealkylation sites (N-methyl/N-ethyl adjacent to an activating group) is 1. The Hall–Kier alpha value is -1.92. The first-order chi connectivity index (χ1) is 12.8. The Balaban J connectivity index is 1.87. The Kier molecular flexibility index (Phi) is 7.80. The van der Waals surface area contributed by atoms with Crippen molar-refractivity contribution in [2.75, 3.05) is 26.2 Å². The third-order valence-corrected chi connectivity index (χ3v) is 5.70. The molecule has 1 saturated heterocycles. The predicted molar refractivity (Wildman–Crippen MR) is 107 cm³/mol. The van der Waals surface area contributed by atoms with Gasteiger partial charge < -0.3 is 10.4 Å². The average Bonchev–Trinajstić information content (AvgIpc) is 2.65. The molecule has 0 radical (unpaired) electrons. The molecule has 2 N–H and O–H groups in total. The van der Waals surface area contributed by atoms with Crippen LogP contribution in [-0.2, 0) is 9.59 Å². The smallest absolute Gasteiger partial charge is 0.317 e. The van der Waals surface area contributed by atoms with Crippen LogP contribution in [0, 0.1) is 6.92 Å². The second-order valence-corrected chi connectivity index (χ2v) is 7.49. The molecule has 6 heteroatoms. The Morgan fingerprint density at radius 2 is 1.89 bits per heavy atom. The van der Waals surface area contributed by atoms with Crippen molar-refractivity contribution in [2.45, 2.75) is 58.7 Å². The minimum absolute atomic E-state index is 0.0233. The number of nitrogens with zero attached hydrogens (tertiary/aromatic N) is 2. The van der Waals surface area contributed by atoms with Crippen molar-refractivity contribution in [1.29, 1.82) is 0 Å². The summed E-state index contributed by atoms with van der Waals surface area (Å²) in [5.74, 6) is -0.737. The van der Waals surface area contributed by atoms with Gasteiger partial charge in [0.1, 0.15) is 0 Å². The van der Waals surface area contributed by atoms with Gasteiger partial charge in [-0.2, -0.15) is 0 Å². The van der Waals surface area contributed by atoms with E-state index < -0.39 is 5.97 Å². The SMILES string of the molecule is CCN(CC(=O)O)C1CCN(C(C)C(=O)NC(C)c2ccccc2C)CC1. The standard InChI is InChI=1S/C21H33N3O3/c1-5-23(14-20(25)26)18-10-12-24(13-11-18)17(4)21(27)22-16(3)19-9-7-6-8-15(19)2/h6-9,16-18H,5,10-14H2,1-4H3,(H,22,27)(H,25,26). The number of hydrogen-bond acceptors (Lipinski definition) is 4. The lowest BCUT2D eigenvalue weighted by Gasteiger charge is -2.39. The van der Waals surface area contributed by atoms with E-state index >= 15 is 0 Å². The van der Waals surface area contributed by atoms with Crippen molar-refractivity contribution in [2.24, 2.45) is 0 Å². The average molecular weight is 376 g/mol. The van der Waals surface area contributed by atoms with E-state index in [2.05, 4.69) is 29.3 Å². The number of likely N-dealkylation sites (tertiary alicyclic amines) is 1. The summed E-state index contributed by atoms with van der Waals surface area (Å²) in [4.78, 5) is 27.9. The molecule has 2 atom stereocenters. The number of hydrogen-bond donors (Lipinski definition) is 2. The van der Waals surface area contributed by atoms with E-state index in [1.165, 1.54) is 5.56 Å². The monoisotopic (exact) mass is 375 g/mol. The molecule has 1 aromatic rings. The van der Waals surface area contributed by atoms with Crippen LogP contribution in [0.3, 0.4) is 0 Å². The van der Waals surface area contributed by atoms with Gasteiger partial charge in [-0.05, 0) is 51.3 Å². The molecule has 0 aromatic heterocycles. The molecule has 1 aliphatic heterocycles. The van der Waals surface area contributed by atoms with Gasteiger partial charge >= 0.3 is 5.97 Å². The molecule has 1 heterocycles. The number of nitrogens with one attached hydrogen (secondary N) is 1. The molecule has 150 valence electrons. The number of rotatable bonds is 8. The first-order valence-corrected chi connectivity index (χ1v) is 9.89. The molecule has 1 aromatic carbocycles. The summed E-state index contributed by atoms with van der Waals surface area (Å²) in [6.07, 6.45) is 1.79. The van der Waals surface area contributed by atoms with Crippen molar-refractivity contribution >= 4 is 11.9 Å². The maximum atomic E-state index is 12.7. The first-order valence-electron chi connectivity index (χ1n) is 9.89. The van der Waals surface area contributed by atoms with Crippen LogP contribution in [0.2, 0.25) is 0 Å². The van der Waals surface area contributed by atoms with E-state index in [9.17, 15) is 9.59 Å². The normalized spacial score (nSPS) is 18.3. The number of benzene rings is 1. The molecular formula is C21H33N3O3. The fraction of sp³-hybridized carbons (Fsp3) is 0.619.